The van der Waals surface area contributed by atoms with Gasteiger partial charge in [-0.15, -0.1) is 0 Å². The molecule has 0 aliphatic carbocycles. The van der Waals surface area contributed by atoms with E-state index < -0.39 is 0 Å². The van der Waals surface area contributed by atoms with E-state index in [1.54, 1.807) is 18.6 Å². The van der Waals surface area contributed by atoms with E-state index in [2.05, 4.69) is 68.8 Å². The van der Waals surface area contributed by atoms with Crippen LogP contribution in [0.25, 0.3) is 10.2 Å². The van der Waals surface area contributed by atoms with Crippen molar-refractivity contribution in [3.8, 4) is 0 Å². The van der Waals surface area contributed by atoms with Crippen LogP contribution in [0, 0.1) is 0 Å². The molecule has 0 radical (unpaired) electrons. The van der Waals surface area contributed by atoms with E-state index >= 15 is 0 Å². The zero-order valence-corrected chi connectivity index (χ0v) is 20.6. The maximum atomic E-state index is 13.4. The third-order valence-electron chi connectivity index (χ3n) is 6.15. The molecule has 0 bridgehead atoms. The Bertz CT molecular complexity index is 1320. The van der Waals surface area contributed by atoms with Gasteiger partial charge in [-0.2, -0.15) is 0 Å². The molecule has 2 aromatic carbocycles. The highest BCUT2D eigenvalue weighted by molar-refractivity contribution is 7.22. The number of carbonyl (C=O) groups is 1. The van der Waals surface area contributed by atoms with Crippen molar-refractivity contribution in [2.45, 2.75) is 18.8 Å². The normalized spacial score (nSPS) is 11.0. The number of pyridine rings is 2. The van der Waals surface area contributed by atoms with E-state index in [9.17, 15) is 4.79 Å². The molecular formula is C29H27N5OS. The summed E-state index contributed by atoms with van der Waals surface area (Å²) in [6.07, 6.45) is 6.71. The molecule has 0 aliphatic rings. The number of urea groups is 1. The second kappa shape index (κ2) is 11.6. The maximum absolute atomic E-state index is 13.4. The van der Waals surface area contributed by atoms with Crippen molar-refractivity contribution in [2.75, 3.05) is 18.4 Å². The quantitative estimate of drug-likeness (QED) is 0.258. The largest absolute Gasteiger partial charge is 0.324 e. The zero-order chi connectivity index (χ0) is 24.6. The topological polar surface area (TPSA) is 71.0 Å². The molecule has 0 saturated heterocycles. The number of rotatable bonds is 9. The minimum absolute atomic E-state index is 0.155. The summed E-state index contributed by atoms with van der Waals surface area (Å²) < 4.78 is 0.994. The first-order valence-electron chi connectivity index (χ1n) is 12.0. The first kappa shape index (κ1) is 23.6. The summed E-state index contributed by atoms with van der Waals surface area (Å²) in [7, 11) is 0. The van der Waals surface area contributed by atoms with Crippen LogP contribution in [0.2, 0.25) is 0 Å². The summed E-state index contributed by atoms with van der Waals surface area (Å²) >= 11 is 1.45. The highest BCUT2D eigenvalue weighted by atomic mass is 32.1. The summed E-state index contributed by atoms with van der Waals surface area (Å²) in [6.45, 7) is 1.16. The Balaban J connectivity index is 1.35. The van der Waals surface area contributed by atoms with Crippen LogP contribution in [0.1, 0.15) is 29.2 Å². The molecular weight excluding hydrogens is 466 g/mol. The van der Waals surface area contributed by atoms with Crippen molar-refractivity contribution in [3.05, 3.63) is 120 Å². The van der Waals surface area contributed by atoms with Gasteiger partial charge in [0.25, 0.3) is 0 Å². The standard InChI is InChI=1S/C29H27N5OS/c35-29(33-28-32-26-21-30-18-14-27(26)36-28)34(19-15-24-13-7-8-17-31-24)20-16-25(22-9-3-1-4-10-22)23-11-5-2-6-12-23/h1-14,17-18,21,25H,15-16,19-20H2,(H,32,33,35). The van der Waals surface area contributed by atoms with Gasteiger partial charge in [-0.1, -0.05) is 78.1 Å². The van der Waals surface area contributed by atoms with E-state index in [1.807, 2.05) is 41.3 Å². The summed E-state index contributed by atoms with van der Waals surface area (Å²) in [5, 5.41) is 3.59. The molecule has 0 atom stereocenters. The van der Waals surface area contributed by atoms with Gasteiger partial charge < -0.3 is 4.90 Å². The van der Waals surface area contributed by atoms with Crippen LogP contribution in [-0.4, -0.2) is 39.0 Å². The minimum atomic E-state index is -0.155. The van der Waals surface area contributed by atoms with Gasteiger partial charge in [0.05, 0.1) is 10.9 Å². The molecule has 0 fully saturated rings. The average Bonchev–Trinajstić information content (AvgIpc) is 3.34. The van der Waals surface area contributed by atoms with Crippen molar-refractivity contribution in [1.29, 1.82) is 0 Å². The fourth-order valence-electron chi connectivity index (χ4n) is 4.30. The number of nitrogens with zero attached hydrogens (tertiary/aromatic N) is 4. The molecule has 7 heteroatoms. The number of anilines is 1. The van der Waals surface area contributed by atoms with Gasteiger partial charge in [0.1, 0.15) is 5.52 Å². The lowest BCUT2D eigenvalue weighted by atomic mass is 9.88. The number of hydrogen-bond acceptors (Lipinski definition) is 5. The van der Waals surface area contributed by atoms with E-state index in [1.165, 1.54) is 22.5 Å². The number of benzene rings is 2. The number of amides is 2. The number of nitrogens with one attached hydrogen (secondary N) is 1. The second-order valence-electron chi connectivity index (χ2n) is 8.51. The Morgan fingerprint density at radius 1 is 0.861 bits per heavy atom. The molecule has 0 spiro atoms. The predicted molar refractivity (Wildman–Crippen MR) is 145 cm³/mol. The second-order valence-corrected chi connectivity index (χ2v) is 9.54. The predicted octanol–water partition coefficient (Wildman–Crippen LogP) is 6.39. The zero-order valence-electron chi connectivity index (χ0n) is 19.8. The van der Waals surface area contributed by atoms with E-state index in [0.717, 1.165) is 22.3 Å². The van der Waals surface area contributed by atoms with Crippen molar-refractivity contribution in [1.82, 2.24) is 19.9 Å². The maximum Gasteiger partial charge on any atom is 0.323 e. The first-order chi connectivity index (χ1) is 17.8. The Labute approximate surface area is 214 Å². The van der Waals surface area contributed by atoms with Gasteiger partial charge in [0.15, 0.2) is 5.13 Å². The highest BCUT2D eigenvalue weighted by Crippen LogP contribution is 2.29. The lowest BCUT2D eigenvalue weighted by Crippen LogP contribution is -2.38. The van der Waals surface area contributed by atoms with Crippen molar-refractivity contribution >= 4 is 32.7 Å². The van der Waals surface area contributed by atoms with Gasteiger partial charge in [-0.3, -0.25) is 15.3 Å². The van der Waals surface area contributed by atoms with Gasteiger partial charge in [0.2, 0.25) is 0 Å². The number of hydrogen-bond donors (Lipinski definition) is 1. The van der Waals surface area contributed by atoms with Crippen LogP contribution < -0.4 is 5.32 Å². The number of aromatic nitrogens is 3. The molecule has 0 saturated carbocycles. The van der Waals surface area contributed by atoms with E-state index in [-0.39, 0.29) is 11.9 Å². The van der Waals surface area contributed by atoms with E-state index in [4.69, 9.17) is 0 Å². The first-order valence-corrected chi connectivity index (χ1v) is 12.8. The van der Waals surface area contributed by atoms with Crippen LogP contribution >= 0.6 is 11.3 Å². The Kier molecular flexibility index (Phi) is 7.58. The molecule has 5 aromatic rings. The molecule has 2 amide bonds. The van der Waals surface area contributed by atoms with Crippen molar-refractivity contribution in [2.24, 2.45) is 0 Å². The van der Waals surface area contributed by atoms with E-state index in [0.29, 0.717) is 24.6 Å². The minimum Gasteiger partial charge on any atom is -0.324 e. The highest BCUT2D eigenvalue weighted by Gasteiger charge is 2.20. The lowest BCUT2D eigenvalue weighted by molar-refractivity contribution is 0.210. The third kappa shape index (κ3) is 5.93. The van der Waals surface area contributed by atoms with Crippen LogP contribution in [0.3, 0.4) is 0 Å². The van der Waals surface area contributed by atoms with Crippen LogP contribution in [0.15, 0.2) is 104 Å². The van der Waals surface area contributed by atoms with Crippen LogP contribution in [0.5, 0.6) is 0 Å². The number of carbonyl (C=O) groups excluding carboxylic acids is 1. The smallest absolute Gasteiger partial charge is 0.323 e. The molecule has 3 aromatic heterocycles. The summed E-state index contributed by atoms with van der Waals surface area (Å²) in [6, 6.07) is 28.6. The fraction of sp³-hybridized carbons (Fsp3) is 0.172. The Morgan fingerprint density at radius 2 is 1.58 bits per heavy atom. The molecule has 1 N–H and O–H groups in total. The van der Waals surface area contributed by atoms with Crippen molar-refractivity contribution in [3.63, 3.8) is 0 Å². The van der Waals surface area contributed by atoms with Gasteiger partial charge in [0, 0.05) is 43.5 Å². The van der Waals surface area contributed by atoms with Gasteiger partial charge >= 0.3 is 6.03 Å². The Hall–Kier alpha value is -4.10. The van der Waals surface area contributed by atoms with Gasteiger partial charge in [-0.25, -0.2) is 9.78 Å². The molecule has 180 valence electrons. The number of fused-ring (bicyclic) bond motifs is 1. The molecule has 36 heavy (non-hydrogen) atoms. The van der Waals surface area contributed by atoms with Gasteiger partial charge in [-0.05, 0) is 35.7 Å². The summed E-state index contributed by atoms with van der Waals surface area (Å²) in [4.78, 5) is 28.4. The average molecular weight is 494 g/mol. The summed E-state index contributed by atoms with van der Waals surface area (Å²) in [5.74, 6) is 0.186. The lowest BCUT2D eigenvalue weighted by Gasteiger charge is -2.26. The molecule has 6 nitrogen and oxygen atoms in total. The molecule has 3 heterocycles. The number of thiazole rings is 1. The monoisotopic (exact) mass is 493 g/mol. The van der Waals surface area contributed by atoms with Crippen LogP contribution in [-0.2, 0) is 6.42 Å². The third-order valence-corrected chi connectivity index (χ3v) is 7.10. The fourth-order valence-corrected chi connectivity index (χ4v) is 5.12. The SMILES string of the molecule is O=C(Nc1nc2cnccc2s1)N(CCc1ccccn1)CCC(c1ccccc1)c1ccccc1. The molecule has 5 rings (SSSR count). The molecule has 0 aliphatic heterocycles. The van der Waals surface area contributed by atoms with Crippen LogP contribution in [0.4, 0.5) is 9.93 Å². The van der Waals surface area contributed by atoms with Crippen molar-refractivity contribution < 1.29 is 4.79 Å². The molecule has 0 unspecified atom stereocenters. The summed E-state index contributed by atoms with van der Waals surface area (Å²) in [5.41, 5.74) is 4.23. The Morgan fingerprint density at radius 3 is 2.25 bits per heavy atom.